The summed E-state index contributed by atoms with van der Waals surface area (Å²) in [4.78, 5) is 23.9. The Hall–Kier alpha value is -3.13. The van der Waals surface area contributed by atoms with Crippen LogP contribution in [-0.2, 0) is 14.8 Å². The van der Waals surface area contributed by atoms with Crippen LogP contribution in [0.25, 0.3) is 6.08 Å². The van der Waals surface area contributed by atoms with Crippen molar-refractivity contribution in [3.05, 3.63) is 71.1 Å². The van der Waals surface area contributed by atoms with Gasteiger partial charge in [-0.15, -0.1) is 0 Å². The highest BCUT2D eigenvalue weighted by Crippen LogP contribution is 2.13. The molecule has 0 spiro atoms. The Morgan fingerprint density at radius 2 is 1.59 bits per heavy atom. The lowest BCUT2D eigenvalue weighted by atomic mass is 10.1. The maximum atomic E-state index is 12.2. The number of carbonyl (C=O) groups excluding carboxylic acids is 2. The van der Waals surface area contributed by atoms with Crippen molar-refractivity contribution in [1.29, 1.82) is 0 Å². The fraction of sp³-hybridized carbons (Fsp3) is 0.238. The number of rotatable bonds is 7. The van der Waals surface area contributed by atoms with Gasteiger partial charge < -0.3 is 10.6 Å². The van der Waals surface area contributed by atoms with E-state index in [1.807, 2.05) is 39.0 Å². The summed E-state index contributed by atoms with van der Waals surface area (Å²) in [7, 11) is -3.69. The molecule has 2 aromatic carbocycles. The molecule has 0 aromatic heterocycles. The second kappa shape index (κ2) is 9.38. The normalized spacial score (nSPS) is 11.8. The zero-order valence-electron chi connectivity index (χ0n) is 16.6. The summed E-state index contributed by atoms with van der Waals surface area (Å²) in [5.41, 5.74) is 1.02. The quantitative estimate of drug-likeness (QED) is 0.647. The van der Waals surface area contributed by atoms with Crippen molar-refractivity contribution in [2.45, 2.75) is 26.3 Å². The number of sulfonamides is 1. The van der Waals surface area contributed by atoms with E-state index in [1.54, 1.807) is 12.1 Å². The second-order valence-electron chi connectivity index (χ2n) is 7.42. The molecule has 0 heterocycles. The van der Waals surface area contributed by atoms with E-state index in [9.17, 15) is 18.0 Å². The van der Waals surface area contributed by atoms with Gasteiger partial charge in [-0.1, -0.05) is 30.3 Å². The lowest BCUT2D eigenvalue weighted by molar-refractivity contribution is -0.121. The molecule has 3 N–H and O–H groups in total. The van der Waals surface area contributed by atoms with Gasteiger partial charge in [0.1, 0.15) is 0 Å². The summed E-state index contributed by atoms with van der Waals surface area (Å²) in [6.45, 7) is 5.40. The highest BCUT2D eigenvalue weighted by molar-refractivity contribution is 7.95. The summed E-state index contributed by atoms with van der Waals surface area (Å²) >= 11 is 0. The van der Waals surface area contributed by atoms with Crippen molar-refractivity contribution >= 4 is 33.6 Å². The van der Waals surface area contributed by atoms with Crippen LogP contribution in [0.2, 0.25) is 0 Å². The third-order valence-corrected chi connectivity index (χ3v) is 4.58. The van der Waals surface area contributed by atoms with Gasteiger partial charge in [0.25, 0.3) is 15.9 Å². The minimum absolute atomic E-state index is 0.144. The first kappa shape index (κ1) is 22.2. The van der Waals surface area contributed by atoms with Crippen LogP contribution in [0.4, 0.5) is 5.69 Å². The number of benzene rings is 2. The number of hydrogen-bond donors (Lipinski definition) is 3. The number of carbonyl (C=O) groups is 2. The van der Waals surface area contributed by atoms with Crippen LogP contribution in [0.15, 0.2) is 60.0 Å². The summed E-state index contributed by atoms with van der Waals surface area (Å²) in [6, 6.07) is 15.0. The van der Waals surface area contributed by atoms with E-state index in [-0.39, 0.29) is 18.0 Å². The van der Waals surface area contributed by atoms with E-state index < -0.39 is 15.9 Å². The summed E-state index contributed by atoms with van der Waals surface area (Å²) in [5, 5.41) is 6.35. The molecule has 7 nitrogen and oxygen atoms in total. The van der Waals surface area contributed by atoms with Gasteiger partial charge >= 0.3 is 0 Å². The standard InChI is InChI=1S/C21H25N3O4S/c1-21(2,3)23-19(25)15-22-20(26)17-9-11-18(12-10-17)24-29(27,28)14-13-16-7-5-4-6-8-16/h4-14,24H,15H2,1-3H3,(H,22,26)(H,23,25)/b14-13-. The predicted molar refractivity (Wildman–Crippen MR) is 115 cm³/mol. The van der Waals surface area contributed by atoms with Crippen LogP contribution in [-0.4, -0.2) is 32.3 Å². The third kappa shape index (κ3) is 8.18. The summed E-state index contributed by atoms with van der Waals surface area (Å²) < 4.78 is 26.7. The topological polar surface area (TPSA) is 104 Å². The smallest absolute Gasteiger partial charge is 0.255 e. The predicted octanol–water partition coefficient (Wildman–Crippen LogP) is 2.74. The van der Waals surface area contributed by atoms with Crippen molar-refractivity contribution in [2.75, 3.05) is 11.3 Å². The van der Waals surface area contributed by atoms with E-state index in [1.165, 1.54) is 30.3 Å². The van der Waals surface area contributed by atoms with E-state index in [2.05, 4.69) is 15.4 Å². The van der Waals surface area contributed by atoms with Gasteiger partial charge in [0.15, 0.2) is 0 Å². The maximum Gasteiger partial charge on any atom is 0.255 e. The molecule has 0 aliphatic heterocycles. The van der Waals surface area contributed by atoms with Crippen molar-refractivity contribution < 1.29 is 18.0 Å². The van der Waals surface area contributed by atoms with Crippen LogP contribution in [0, 0.1) is 0 Å². The minimum atomic E-state index is -3.69. The van der Waals surface area contributed by atoms with Crippen molar-refractivity contribution in [1.82, 2.24) is 10.6 Å². The molecule has 2 rings (SSSR count). The molecular weight excluding hydrogens is 390 g/mol. The average molecular weight is 416 g/mol. The monoisotopic (exact) mass is 415 g/mol. The van der Waals surface area contributed by atoms with Crippen LogP contribution < -0.4 is 15.4 Å². The van der Waals surface area contributed by atoms with Gasteiger partial charge in [-0.3, -0.25) is 14.3 Å². The Bertz CT molecular complexity index is 977. The molecular formula is C21H25N3O4S. The fourth-order valence-electron chi connectivity index (χ4n) is 2.35. The number of anilines is 1. The molecule has 0 aliphatic rings. The number of nitrogens with one attached hydrogen (secondary N) is 3. The zero-order chi connectivity index (χ0) is 21.5. The van der Waals surface area contributed by atoms with Gasteiger partial charge in [-0.25, -0.2) is 8.42 Å². The Labute approximate surface area is 171 Å². The van der Waals surface area contributed by atoms with E-state index in [4.69, 9.17) is 0 Å². The zero-order valence-corrected chi connectivity index (χ0v) is 17.4. The van der Waals surface area contributed by atoms with E-state index in [0.29, 0.717) is 11.3 Å². The molecule has 0 saturated carbocycles. The Morgan fingerprint density at radius 3 is 2.17 bits per heavy atom. The largest absolute Gasteiger partial charge is 0.350 e. The van der Waals surface area contributed by atoms with Crippen molar-refractivity contribution in [2.24, 2.45) is 0 Å². The molecule has 8 heteroatoms. The highest BCUT2D eigenvalue weighted by atomic mass is 32.2. The first-order valence-electron chi connectivity index (χ1n) is 8.99. The molecule has 2 amide bonds. The van der Waals surface area contributed by atoms with Crippen molar-refractivity contribution in [3.63, 3.8) is 0 Å². The van der Waals surface area contributed by atoms with Gasteiger partial charge in [-0.05, 0) is 56.7 Å². The molecule has 2 aromatic rings. The van der Waals surface area contributed by atoms with Crippen molar-refractivity contribution in [3.8, 4) is 0 Å². The lowest BCUT2D eigenvalue weighted by Crippen LogP contribution is -2.45. The van der Waals surface area contributed by atoms with Crippen LogP contribution in [0.3, 0.4) is 0 Å². The van der Waals surface area contributed by atoms with Crippen LogP contribution >= 0.6 is 0 Å². The summed E-state index contributed by atoms with van der Waals surface area (Å²) in [6.07, 6.45) is 1.49. The van der Waals surface area contributed by atoms with Gasteiger partial charge in [0.05, 0.1) is 12.0 Å². The molecule has 154 valence electrons. The second-order valence-corrected chi connectivity index (χ2v) is 8.99. The molecule has 0 atom stereocenters. The molecule has 0 bridgehead atoms. The molecule has 0 aliphatic carbocycles. The van der Waals surface area contributed by atoms with Crippen LogP contribution in [0.5, 0.6) is 0 Å². The Kier molecular flexibility index (Phi) is 7.17. The molecule has 0 unspecified atom stereocenters. The Morgan fingerprint density at radius 1 is 0.966 bits per heavy atom. The fourth-order valence-corrected chi connectivity index (χ4v) is 3.21. The van der Waals surface area contributed by atoms with Crippen LogP contribution in [0.1, 0.15) is 36.7 Å². The summed E-state index contributed by atoms with van der Waals surface area (Å²) in [5.74, 6) is -0.715. The SMILES string of the molecule is CC(C)(C)NC(=O)CNC(=O)c1ccc(NS(=O)(=O)/C=C\c2ccccc2)cc1. The third-order valence-electron chi connectivity index (χ3n) is 3.57. The number of hydrogen-bond acceptors (Lipinski definition) is 4. The highest BCUT2D eigenvalue weighted by Gasteiger charge is 2.15. The molecule has 0 radical (unpaired) electrons. The average Bonchev–Trinajstić information content (AvgIpc) is 2.64. The van der Waals surface area contributed by atoms with Gasteiger partial charge in [0.2, 0.25) is 5.91 Å². The molecule has 29 heavy (non-hydrogen) atoms. The molecule has 0 saturated heterocycles. The number of amides is 2. The van der Waals surface area contributed by atoms with E-state index >= 15 is 0 Å². The lowest BCUT2D eigenvalue weighted by Gasteiger charge is -2.20. The minimum Gasteiger partial charge on any atom is -0.350 e. The first-order chi connectivity index (χ1) is 13.5. The first-order valence-corrected chi connectivity index (χ1v) is 10.5. The van der Waals surface area contributed by atoms with Gasteiger partial charge in [0, 0.05) is 16.8 Å². The molecule has 0 fully saturated rings. The van der Waals surface area contributed by atoms with Gasteiger partial charge in [-0.2, -0.15) is 0 Å². The van der Waals surface area contributed by atoms with E-state index in [0.717, 1.165) is 11.0 Å². The maximum absolute atomic E-state index is 12.2. The Balaban J connectivity index is 1.93.